The summed E-state index contributed by atoms with van der Waals surface area (Å²) in [6.07, 6.45) is 1.71. The van der Waals surface area contributed by atoms with Crippen molar-refractivity contribution < 1.29 is 9.53 Å². The molecule has 1 aliphatic heterocycles. The molecular formula is C11H10ClNO2. The van der Waals surface area contributed by atoms with Gasteiger partial charge in [0.25, 0.3) is 0 Å². The van der Waals surface area contributed by atoms with Crippen LogP contribution in [0.2, 0.25) is 5.02 Å². The molecule has 1 aromatic carbocycles. The molecule has 0 radical (unpaired) electrons. The highest BCUT2D eigenvalue weighted by molar-refractivity contribution is 6.31. The number of primary amides is 1. The van der Waals surface area contributed by atoms with Crippen LogP contribution in [0.25, 0.3) is 6.08 Å². The van der Waals surface area contributed by atoms with Crippen LogP contribution >= 0.6 is 11.6 Å². The predicted molar refractivity (Wildman–Crippen MR) is 58.9 cm³/mol. The SMILES string of the molecule is Cc1cc2c(cc1Cl)C=C(C(N)=O)CO2. The first-order chi connectivity index (χ1) is 7.08. The molecule has 0 spiro atoms. The zero-order chi connectivity index (χ0) is 11.0. The molecule has 78 valence electrons. The lowest BCUT2D eigenvalue weighted by Gasteiger charge is -2.17. The van der Waals surface area contributed by atoms with Crippen molar-refractivity contribution in [1.29, 1.82) is 0 Å². The van der Waals surface area contributed by atoms with Crippen LogP contribution in [0.5, 0.6) is 5.75 Å². The highest BCUT2D eigenvalue weighted by atomic mass is 35.5. The number of carbonyl (C=O) groups excluding carboxylic acids is 1. The Bertz CT molecular complexity index is 466. The molecule has 0 fully saturated rings. The number of amides is 1. The van der Waals surface area contributed by atoms with Crippen molar-refractivity contribution in [3.8, 4) is 5.75 Å². The summed E-state index contributed by atoms with van der Waals surface area (Å²) >= 11 is 5.97. The van der Waals surface area contributed by atoms with Crippen LogP contribution in [-0.2, 0) is 4.79 Å². The van der Waals surface area contributed by atoms with E-state index in [-0.39, 0.29) is 6.61 Å². The second-order valence-corrected chi connectivity index (χ2v) is 3.87. The minimum atomic E-state index is -0.461. The molecule has 2 N–H and O–H groups in total. The average Bonchev–Trinajstić information content (AvgIpc) is 2.19. The van der Waals surface area contributed by atoms with E-state index in [1.165, 1.54) is 0 Å². The van der Waals surface area contributed by atoms with Gasteiger partial charge in [-0.15, -0.1) is 0 Å². The van der Waals surface area contributed by atoms with E-state index in [2.05, 4.69) is 0 Å². The lowest BCUT2D eigenvalue weighted by atomic mass is 10.1. The number of aryl methyl sites for hydroxylation is 1. The second kappa shape index (κ2) is 3.59. The van der Waals surface area contributed by atoms with Gasteiger partial charge in [-0.3, -0.25) is 4.79 Å². The molecule has 0 saturated heterocycles. The van der Waals surface area contributed by atoms with Crippen LogP contribution in [0, 0.1) is 6.92 Å². The van der Waals surface area contributed by atoms with E-state index in [1.54, 1.807) is 12.1 Å². The van der Waals surface area contributed by atoms with Crippen LogP contribution in [0.3, 0.4) is 0 Å². The van der Waals surface area contributed by atoms with E-state index in [9.17, 15) is 4.79 Å². The van der Waals surface area contributed by atoms with Crippen molar-refractivity contribution in [2.75, 3.05) is 6.61 Å². The lowest BCUT2D eigenvalue weighted by molar-refractivity contribution is -0.114. The summed E-state index contributed by atoms with van der Waals surface area (Å²) in [5.74, 6) is 0.277. The van der Waals surface area contributed by atoms with Crippen LogP contribution in [0.15, 0.2) is 17.7 Å². The number of halogens is 1. The molecule has 0 saturated carbocycles. The number of hydrogen-bond donors (Lipinski definition) is 1. The molecule has 3 nitrogen and oxygen atoms in total. The summed E-state index contributed by atoms with van der Waals surface area (Å²) in [4.78, 5) is 11.0. The Morgan fingerprint density at radius 3 is 2.93 bits per heavy atom. The maximum atomic E-state index is 11.0. The normalized spacial score (nSPS) is 13.9. The molecule has 0 atom stereocenters. The Morgan fingerprint density at radius 1 is 1.53 bits per heavy atom. The molecule has 0 aliphatic carbocycles. The molecule has 0 unspecified atom stereocenters. The fourth-order valence-electron chi connectivity index (χ4n) is 1.44. The molecule has 2 rings (SSSR count). The van der Waals surface area contributed by atoms with E-state index >= 15 is 0 Å². The van der Waals surface area contributed by atoms with Crippen LogP contribution in [0.4, 0.5) is 0 Å². The molecule has 0 bridgehead atoms. The quantitative estimate of drug-likeness (QED) is 0.791. The monoisotopic (exact) mass is 223 g/mol. The fourth-order valence-corrected chi connectivity index (χ4v) is 1.61. The van der Waals surface area contributed by atoms with Crippen molar-refractivity contribution in [2.24, 2.45) is 5.73 Å². The van der Waals surface area contributed by atoms with E-state index in [0.29, 0.717) is 10.6 Å². The largest absolute Gasteiger partial charge is 0.488 e. The van der Waals surface area contributed by atoms with E-state index in [1.807, 2.05) is 13.0 Å². The van der Waals surface area contributed by atoms with Crippen molar-refractivity contribution >= 4 is 23.6 Å². The average molecular weight is 224 g/mol. The Kier molecular flexibility index (Phi) is 2.40. The molecule has 15 heavy (non-hydrogen) atoms. The number of hydrogen-bond acceptors (Lipinski definition) is 2. The van der Waals surface area contributed by atoms with Crippen molar-refractivity contribution in [3.63, 3.8) is 0 Å². The van der Waals surface area contributed by atoms with Gasteiger partial charge in [0.05, 0.1) is 5.57 Å². The van der Waals surface area contributed by atoms with Gasteiger partial charge in [-0.05, 0) is 30.7 Å². The maximum Gasteiger partial charge on any atom is 0.248 e. The minimum absolute atomic E-state index is 0.226. The first kappa shape index (κ1) is 10.1. The molecule has 1 amide bonds. The minimum Gasteiger partial charge on any atom is -0.488 e. The van der Waals surface area contributed by atoms with Gasteiger partial charge in [0.1, 0.15) is 12.4 Å². The van der Waals surface area contributed by atoms with Gasteiger partial charge in [-0.25, -0.2) is 0 Å². The summed E-state index contributed by atoms with van der Waals surface area (Å²) in [5.41, 5.74) is 7.38. The number of rotatable bonds is 1. The lowest BCUT2D eigenvalue weighted by Crippen LogP contribution is -2.21. The van der Waals surface area contributed by atoms with E-state index < -0.39 is 5.91 Å². The zero-order valence-corrected chi connectivity index (χ0v) is 8.97. The molecule has 4 heteroatoms. The van der Waals surface area contributed by atoms with E-state index in [0.717, 1.165) is 16.9 Å². The first-order valence-corrected chi connectivity index (χ1v) is 4.89. The maximum absolute atomic E-state index is 11.0. The third-order valence-electron chi connectivity index (χ3n) is 2.32. The topological polar surface area (TPSA) is 52.3 Å². The fraction of sp³-hybridized carbons (Fsp3) is 0.182. The number of carbonyl (C=O) groups is 1. The summed E-state index contributed by atoms with van der Waals surface area (Å²) in [7, 11) is 0. The van der Waals surface area contributed by atoms with Crippen LogP contribution in [-0.4, -0.2) is 12.5 Å². The predicted octanol–water partition coefficient (Wildman–Crippen LogP) is 1.91. The van der Waals surface area contributed by atoms with Crippen LogP contribution in [0.1, 0.15) is 11.1 Å². The van der Waals surface area contributed by atoms with Gasteiger partial charge < -0.3 is 10.5 Å². The first-order valence-electron chi connectivity index (χ1n) is 4.51. The van der Waals surface area contributed by atoms with Gasteiger partial charge >= 0.3 is 0 Å². The molecule has 1 aromatic rings. The van der Waals surface area contributed by atoms with Gasteiger partial charge in [0.15, 0.2) is 0 Å². The van der Waals surface area contributed by atoms with Crippen LogP contribution < -0.4 is 10.5 Å². The highest BCUT2D eigenvalue weighted by Crippen LogP contribution is 2.31. The Labute approximate surface area is 92.5 Å². The summed E-state index contributed by atoms with van der Waals surface area (Å²) < 4.78 is 5.41. The molecule has 1 aliphatic rings. The third-order valence-corrected chi connectivity index (χ3v) is 2.73. The zero-order valence-electron chi connectivity index (χ0n) is 8.21. The van der Waals surface area contributed by atoms with Crippen molar-refractivity contribution in [1.82, 2.24) is 0 Å². The third kappa shape index (κ3) is 1.83. The second-order valence-electron chi connectivity index (χ2n) is 3.46. The summed E-state index contributed by atoms with van der Waals surface area (Å²) in [6.45, 7) is 2.13. The molecule has 1 heterocycles. The number of benzene rings is 1. The standard InChI is InChI=1S/C11H10ClNO2/c1-6-2-10-7(4-9(6)12)3-8(5-15-10)11(13)14/h2-4H,5H2,1H3,(H2,13,14). The van der Waals surface area contributed by atoms with Gasteiger partial charge in [-0.2, -0.15) is 0 Å². The highest BCUT2D eigenvalue weighted by Gasteiger charge is 2.16. The van der Waals surface area contributed by atoms with Gasteiger partial charge in [0.2, 0.25) is 5.91 Å². The summed E-state index contributed by atoms with van der Waals surface area (Å²) in [5, 5.41) is 0.652. The Morgan fingerprint density at radius 2 is 2.27 bits per heavy atom. The molecular weight excluding hydrogens is 214 g/mol. The van der Waals surface area contributed by atoms with E-state index in [4.69, 9.17) is 22.1 Å². The number of fused-ring (bicyclic) bond motifs is 1. The van der Waals surface area contributed by atoms with Gasteiger partial charge in [-0.1, -0.05) is 11.6 Å². The van der Waals surface area contributed by atoms with Crippen molar-refractivity contribution in [3.05, 3.63) is 33.9 Å². The molecule has 0 aromatic heterocycles. The Hall–Kier alpha value is -1.48. The smallest absolute Gasteiger partial charge is 0.248 e. The Balaban J connectivity index is 2.51. The number of nitrogens with two attached hydrogens (primary N) is 1. The van der Waals surface area contributed by atoms with Gasteiger partial charge in [0, 0.05) is 10.6 Å². The van der Waals surface area contributed by atoms with Crippen molar-refractivity contribution in [2.45, 2.75) is 6.92 Å². The summed E-state index contributed by atoms with van der Waals surface area (Å²) in [6, 6.07) is 3.63. The number of ether oxygens (including phenoxy) is 1.